The van der Waals surface area contributed by atoms with Crippen molar-refractivity contribution in [1.82, 2.24) is 4.57 Å². The van der Waals surface area contributed by atoms with Gasteiger partial charge in [0.05, 0.1) is 36.1 Å². The predicted octanol–water partition coefficient (Wildman–Crippen LogP) is 2.91. The number of fused-ring (bicyclic) bond motifs is 1. The van der Waals surface area contributed by atoms with Crippen molar-refractivity contribution in [3.8, 4) is 17.2 Å². The summed E-state index contributed by atoms with van der Waals surface area (Å²) in [5.41, 5.74) is 1.49. The molecule has 0 amide bonds. The second-order valence-electron chi connectivity index (χ2n) is 7.67. The zero-order chi connectivity index (χ0) is 25.1. The van der Waals surface area contributed by atoms with Crippen LogP contribution in [0.15, 0.2) is 63.5 Å². The molecule has 0 saturated heterocycles. The van der Waals surface area contributed by atoms with E-state index in [1.165, 1.54) is 23.0 Å². The van der Waals surface area contributed by atoms with E-state index in [2.05, 4.69) is 4.99 Å². The third-order valence-electron chi connectivity index (χ3n) is 5.57. The first-order valence-corrected chi connectivity index (χ1v) is 12.0. The molecule has 35 heavy (non-hydrogen) atoms. The third kappa shape index (κ3) is 4.46. The number of carbonyl (C=O) groups is 1. The molecular weight excluding hydrogens is 468 g/mol. The SMILES string of the molecule is CCOC(=O)C1=C(C)N=c2s/c(=C\c3cccc(OC)c3O)c(=O)n2[C@@H]1c1ccccc1OCC. The maximum atomic E-state index is 13.7. The number of hydrogen-bond donors (Lipinski definition) is 1. The minimum absolute atomic E-state index is 0.0672. The van der Waals surface area contributed by atoms with Gasteiger partial charge in [0, 0.05) is 11.1 Å². The Labute approximate surface area is 206 Å². The Kier molecular flexibility index (Phi) is 7.07. The Morgan fingerprint density at radius 3 is 2.60 bits per heavy atom. The number of aromatic nitrogens is 1. The number of nitrogens with zero attached hydrogens (tertiary/aromatic N) is 2. The highest BCUT2D eigenvalue weighted by atomic mass is 32.1. The van der Waals surface area contributed by atoms with Gasteiger partial charge >= 0.3 is 5.97 Å². The Hall–Kier alpha value is -3.85. The molecule has 8 nitrogen and oxygen atoms in total. The molecular formula is C26H26N2O6S. The lowest BCUT2D eigenvalue weighted by atomic mass is 9.95. The molecule has 4 rings (SSSR count). The molecule has 0 unspecified atom stereocenters. The molecule has 9 heteroatoms. The lowest BCUT2D eigenvalue weighted by Crippen LogP contribution is -2.40. The van der Waals surface area contributed by atoms with Crippen LogP contribution in [0.4, 0.5) is 0 Å². The van der Waals surface area contributed by atoms with Gasteiger partial charge in [0.1, 0.15) is 11.8 Å². The van der Waals surface area contributed by atoms with Gasteiger partial charge in [0.15, 0.2) is 16.3 Å². The number of esters is 1. The minimum Gasteiger partial charge on any atom is -0.504 e. The number of hydrogen-bond acceptors (Lipinski definition) is 8. The number of carbonyl (C=O) groups excluding carboxylic acids is 1. The molecule has 2 aromatic carbocycles. The van der Waals surface area contributed by atoms with Gasteiger partial charge in [-0.05, 0) is 39.0 Å². The minimum atomic E-state index is -0.783. The summed E-state index contributed by atoms with van der Waals surface area (Å²) in [6.07, 6.45) is 1.59. The predicted molar refractivity (Wildman–Crippen MR) is 133 cm³/mol. The van der Waals surface area contributed by atoms with Crippen LogP contribution in [0.5, 0.6) is 17.2 Å². The van der Waals surface area contributed by atoms with Crippen molar-refractivity contribution < 1.29 is 24.1 Å². The fourth-order valence-electron chi connectivity index (χ4n) is 4.04. The van der Waals surface area contributed by atoms with E-state index in [9.17, 15) is 14.7 Å². The summed E-state index contributed by atoms with van der Waals surface area (Å²) in [6, 6.07) is 11.6. The van der Waals surface area contributed by atoms with Gasteiger partial charge in [0.25, 0.3) is 5.56 Å². The maximum absolute atomic E-state index is 13.7. The highest BCUT2D eigenvalue weighted by molar-refractivity contribution is 7.07. The second-order valence-corrected chi connectivity index (χ2v) is 8.68. The van der Waals surface area contributed by atoms with E-state index < -0.39 is 12.0 Å². The van der Waals surface area contributed by atoms with Crippen LogP contribution in [0.25, 0.3) is 6.08 Å². The Morgan fingerprint density at radius 2 is 1.89 bits per heavy atom. The number of ether oxygens (including phenoxy) is 3. The van der Waals surface area contributed by atoms with Gasteiger partial charge in [-0.2, -0.15) is 0 Å². The molecule has 1 aromatic heterocycles. The molecule has 0 spiro atoms. The van der Waals surface area contributed by atoms with Crippen LogP contribution in [-0.4, -0.2) is 36.0 Å². The van der Waals surface area contributed by atoms with Crippen LogP contribution in [0.2, 0.25) is 0 Å². The molecule has 1 atom stereocenters. The van der Waals surface area contributed by atoms with Crippen LogP contribution in [-0.2, 0) is 9.53 Å². The Balaban J connectivity index is 1.99. The fourth-order valence-corrected chi connectivity index (χ4v) is 5.08. The zero-order valence-corrected chi connectivity index (χ0v) is 20.7. The average Bonchev–Trinajstić information content (AvgIpc) is 3.14. The molecule has 0 fully saturated rings. The lowest BCUT2D eigenvalue weighted by Gasteiger charge is -2.26. The van der Waals surface area contributed by atoms with Crippen LogP contribution in [0, 0.1) is 0 Å². The molecule has 2 heterocycles. The lowest BCUT2D eigenvalue weighted by molar-refractivity contribution is -0.139. The summed E-state index contributed by atoms with van der Waals surface area (Å²) in [5, 5.41) is 10.5. The van der Waals surface area contributed by atoms with Crippen molar-refractivity contribution >= 4 is 23.4 Å². The number of aromatic hydroxyl groups is 1. The average molecular weight is 495 g/mol. The largest absolute Gasteiger partial charge is 0.504 e. The normalized spacial score (nSPS) is 15.4. The number of rotatable bonds is 7. The van der Waals surface area contributed by atoms with Gasteiger partial charge in [-0.15, -0.1) is 0 Å². The van der Waals surface area contributed by atoms with Crippen molar-refractivity contribution in [3.63, 3.8) is 0 Å². The van der Waals surface area contributed by atoms with Gasteiger partial charge in [-0.3, -0.25) is 9.36 Å². The summed E-state index contributed by atoms with van der Waals surface area (Å²) in [7, 11) is 1.46. The number of thiazole rings is 1. The first kappa shape index (κ1) is 24.3. The molecule has 0 saturated carbocycles. The molecule has 182 valence electrons. The van der Waals surface area contributed by atoms with Crippen molar-refractivity contribution in [3.05, 3.63) is 84.5 Å². The highest BCUT2D eigenvalue weighted by Gasteiger charge is 2.35. The number of benzene rings is 2. The quantitative estimate of drug-likeness (QED) is 0.507. The van der Waals surface area contributed by atoms with E-state index >= 15 is 0 Å². The smallest absolute Gasteiger partial charge is 0.338 e. The van der Waals surface area contributed by atoms with E-state index in [1.807, 2.05) is 25.1 Å². The van der Waals surface area contributed by atoms with Crippen molar-refractivity contribution in [2.75, 3.05) is 20.3 Å². The van der Waals surface area contributed by atoms with Crippen LogP contribution in [0.3, 0.4) is 0 Å². The van der Waals surface area contributed by atoms with E-state index in [0.717, 1.165) is 0 Å². The highest BCUT2D eigenvalue weighted by Crippen LogP contribution is 2.36. The summed E-state index contributed by atoms with van der Waals surface area (Å²) >= 11 is 1.18. The summed E-state index contributed by atoms with van der Waals surface area (Å²) in [4.78, 5) is 31.8. The van der Waals surface area contributed by atoms with Crippen LogP contribution in [0.1, 0.15) is 37.9 Å². The molecule has 1 N–H and O–H groups in total. The summed E-state index contributed by atoms with van der Waals surface area (Å²) in [6.45, 7) is 5.94. The topological polar surface area (TPSA) is 99.4 Å². The number of phenols is 1. The van der Waals surface area contributed by atoms with Gasteiger partial charge in [0.2, 0.25) is 0 Å². The first-order valence-electron chi connectivity index (χ1n) is 11.2. The zero-order valence-electron chi connectivity index (χ0n) is 19.9. The maximum Gasteiger partial charge on any atom is 0.338 e. The van der Waals surface area contributed by atoms with E-state index in [-0.39, 0.29) is 23.5 Å². The van der Waals surface area contributed by atoms with Crippen LogP contribution >= 0.6 is 11.3 Å². The Bertz CT molecular complexity index is 1480. The molecule has 0 bridgehead atoms. The third-order valence-corrected chi connectivity index (χ3v) is 6.55. The van der Waals surface area contributed by atoms with Crippen molar-refractivity contribution in [1.29, 1.82) is 0 Å². The Morgan fingerprint density at radius 1 is 1.14 bits per heavy atom. The van der Waals surface area contributed by atoms with Gasteiger partial charge < -0.3 is 19.3 Å². The van der Waals surface area contributed by atoms with E-state index in [1.54, 1.807) is 44.2 Å². The van der Waals surface area contributed by atoms with E-state index in [0.29, 0.717) is 44.3 Å². The van der Waals surface area contributed by atoms with Crippen LogP contribution < -0.4 is 24.4 Å². The van der Waals surface area contributed by atoms with E-state index in [4.69, 9.17) is 14.2 Å². The molecule has 0 aliphatic carbocycles. The number of para-hydroxylation sites is 2. The monoisotopic (exact) mass is 494 g/mol. The number of phenolic OH excluding ortho intramolecular Hbond substituents is 1. The number of methoxy groups -OCH3 is 1. The van der Waals surface area contributed by atoms with Crippen molar-refractivity contribution in [2.24, 2.45) is 4.99 Å². The fraction of sp³-hybridized carbons (Fsp3) is 0.269. The standard InChI is InChI=1S/C26H26N2O6S/c1-5-33-18-12-8-7-11-17(18)22-21(25(31)34-6-2)15(3)27-26-28(22)24(30)20(35-26)14-16-10-9-13-19(32-4)23(16)29/h7-14,22,29H,5-6H2,1-4H3/b20-14-/t22-/m1/s1. The second kappa shape index (κ2) is 10.2. The van der Waals surface area contributed by atoms with Gasteiger partial charge in [-0.25, -0.2) is 9.79 Å². The van der Waals surface area contributed by atoms with Crippen molar-refractivity contribution in [2.45, 2.75) is 26.8 Å². The summed E-state index contributed by atoms with van der Waals surface area (Å²) in [5.74, 6) is 0.263. The number of allylic oxidation sites excluding steroid dienone is 1. The summed E-state index contributed by atoms with van der Waals surface area (Å²) < 4.78 is 18.2. The molecule has 1 aliphatic rings. The molecule has 1 aliphatic heterocycles. The molecule has 0 radical (unpaired) electrons. The first-order chi connectivity index (χ1) is 16.9. The molecule has 3 aromatic rings. The van der Waals surface area contributed by atoms with Gasteiger partial charge in [-0.1, -0.05) is 41.7 Å².